The largest absolute Gasteiger partial charge is 0.311 e. The molecule has 2 rings (SSSR count). The SMILES string of the molecule is c1cc(CNCCCc2ncn[nH]2)ncn1. The molecule has 0 atom stereocenters. The first-order valence-electron chi connectivity index (χ1n) is 5.25. The van der Waals surface area contributed by atoms with Gasteiger partial charge in [-0.2, -0.15) is 5.10 Å². The first-order chi connectivity index (χ1) is 7.95. The van der Waals surface area contributed by atoms with Gasteiger partial charge in [0.1, 0.15) is 18.5 Å². The van der Waals surface area contributed by atoms with E-state index in [9.17, 15) is 0 Å². The molecule has 0 spiro atoms. The van der Waals surface area contributed by atoms with Gasteiger partial charge in [0, 0.05) is 19.2 Å². The van der Waals surface area contributed by atoms with E-state index < -0.39 is 0 Å². The Bertz CT molecular complexity index is 385. The van der Waals surface area contributed by atoms with Crippen molar-refractivity contribution in [1.82, 2.24) is 30.5 Å². The lowest BCUT2D eigenvalue weighted by Gasteiger charge is -2.02. The molecular weight excluding hydrogens is 204 g/mol. The van der Waals surface area contributed by atoms with E-state index in [1.807, 2.05) is 6.07 Å². The van der Waals surface area contributed by atoms with Crippen molar-refractivity contribution in [3.8, 4) is 0 Å². The highest BCUT2D eigenvalue weighted by Gasteiger charge is 1.96. The lowest BCUT2D eigenvalue weighted by Crippen LogP contribution is -2.16. The second kappa shape index (κ2) is 5.92. The summed E-state index contributed by atoms with van der Waals surface area (Å²) < 4.78 is 0. The molecule has 0 aliphatic rings. The maximum atomic E-state index is 4.12. The van der Waals surface area contributed by atoms with E-state index in [4.69, 9.17) is 0 Å². The molecule has 16 heavy (non-hydrogen) atoms. The van der Waals surface area contributed by atoms with Gasteiger partial charge in [-0.25, -0.2) is 15.0 Å². The number of nitrogens with zero attached hydrogens (tertiary/aromatic N) is 4. The lowest BCUT2D eigenvalue weighted by molar-refractivity contribution is 0.631. The predicted molar refractivity (Wildman–Crippen MR) is 58.4 cm³/mol. The molecule has 0 amide bonds. The summed E-state index contributed by atoms with van der Waals surface area (Å²) in [6.45, 7) is 1.71. The van der Waals surface area contributed by atoms with Crippen LogP contribution in [0.5, 0.6) is 0 Å². The Morgan fingerprint density at radius 3 is 3.00 bits per heavy atom. The summed E-state index contributed by atoms with van der Waals surface area (Å²) in [4.78, 5) is 12.0. The van der Waals surface area contributed by atoms with E-state index in [0.29, 0.717) is 0 Å². The third-order valence-electron chi connectivity index (χ3n) is 2.18. The minimum atomic E-state index is 0.777. The van der Waals surface area contributed by atoms with Crippen LogP contribution in [-0.4, -0.2) is 31.7 Å². The Kier molecular flexibility index (Phi) is 3.95. The highest BCUT2D eigenvalue weighted by Crippen LogP contribution is 1.93. The summed E-state index contributed by atoms with van der Waals surface area (Å²) in [5.41, 5.74) is 1.01. The fourth-order valence-corrected chi connectivity index (χ4v) is 1.37. The van der Waals surface area contributed by atoms with Gasteiger partial charge in [0.05, 0.1) is 5.69 Å². The Balaban J connectivity index is 1.59. The molecule has 0 radical (unpaired) electrons. The smallest absolute Gasteiger partial charge is 0.137 e. The molecule has 2 aromatic rings. The normalized spacial score (nSPS) is 10.5. The number of nitrogens with one attached hydrogen (secondary N) is 2. The molecule has 0 unspecified atom stereocenters. The van der Waals surface area contributed by atoms with Crippen molar-refractivity contribution in [2.75, 3.05) is 6.54 Å². The fourth-order valence-electron chi connectivity index (χ4n) is 1.37. The molecule has 0 aliphatic heterocycles. The number of aryl methyl sites for hydroxylation is 1. The Morgan fingerprint density at radius 1 is 1.25 bits per heavy atom. The van der Waals surface area contributed by atoms with Crippen LogP contribution in [-0.2, 0) is 13.0 Å². The number of hydrogen-bond acceptors (Lipinski definition) is 5. The number of rotatable bonds is 6. The van der Waals surface area contributed by atoms with E-state index in [0.717, 1.165) is 37.4 Å². The summed E-state index contributed by atoms with van der Waals surface area (Å²) in [5.74, 6) is 0.934. The van der Waals surface area contributed by atoms with Crippen molar-refractivity contribution >= 4 is 0 Å². The standard InChI is InChI=1S/C10H14N6/c1(2-10-14-8-15-16-10)4-11-6-9-3-5-12-7-13-9/h3,5,7-8,11H,1-2,4,6H2,(H,14,15,16). The molecule has 2 aromatic heterocycles. The predicted octanol–water partition coefficient (Wildman–Crippen LogP) is 0.317. The van der Waals surface area contributed by atoms with Crippen LogP contribution in [0.3, 0.4) is 0 Å². The van der Waals surface area contributed by atoms with Crippen LogP contribution in [0.2, 0.25) is 0 Å². The maximum absolute atomic E-state index is 4.12. The van der Waals surface area contributed by atoms with Crippen molar-refractivity contribution < 1.29 is 0 Å². The Labute approximate surface area is 93.6 Å². The molecule has 84 valence electrons. The van der Waals surface area contributed by atoms with Crippen molar-refractivity contribution in [2.45, 2.75) is 19.4 Å². The zero-order chi connectivity index (χ0) is 11.1. The van der Waals surface area contributed by atoms with Gasteiger partial charge in [0.25, 0.3) is 0 Å². The molecule has 6 heteroatoms. The lowest BCUT2D eigenvalue weighted by atomic mass is 10.3. The van der Waals surface area contributed by atoms with Crippen LogP contribution < -0.4 is 5.32 Å². The molecule has 0 fully saturated rings. The summed E-state index contributed by atoms with van der Waals surface area (Å²) in [6.07, 6.45) is 6.78. The second-order valence-corrected chi connectivity index (χ2v) is 3.41. The van der Waals surface area contributed by atoms with Gasteiger partial charge in [-0.15, -0.1) is 0 Å². The van der Waals surface area contributed by atoms with E-state index in [2.05, 4.69) is 30.5 Å². The van der Waals surface area contributed by atoms with Gasteiger partial charge in [0.2, 0.25) is 0 Å². The molecule has 0 aliphatic carbocycles. The molecule has 0 saturated heterocycles. The Hall–Kier alpha value is -1.82. The maximum Gasteiger partial charge on any atom is 0.137 e. The van der Waals surface area contributed by atoms with Gasteiger partial charge in [-0.1, -0.05) is 0 Å². The van der Waals surface area contributed by atoms with Crippen LogP contribution >= 0.6 is 0 Å². The first kappa shape index (κ1) is 10.7. The van der Waals surface area contributed by atoms with E-state index in [-0.39, 0.29) is 0 Å². The van der Waals surface area contributed by atoms with Crippen molar-refractivity contribution in [2.24, 2.45) is 0 Å². The minimum absolute atomic E-state index is 0.777. The monoisotopic (exact) mass is 218 g/mol. The number of hydrogen-bond donors (Lipinski definition) is 2. The first-order valence-corrected chi connectivity index (χ1v) is 5.25. The average molecular weight is 218 g/mol. The summed E-state index contributed by atoms with van der Waals surface area (Å²) in [7, 11) is 0. The molecule has 0 bridgehead atoms. The summed E-state index contributed by atoms with van der Waals surface area (Å²) in [5, 5.41) is 9.94. The van der Waals surface area contributed by atoms with E-state index in [1.54, 1.807) is 12.5 Å². The van der Waals surface area contributed by atoms with E-state index >= 15 is 0 Å². The van der Waals surface area contributed by atoms with Crippen LogP contribution in [0.1, 0.15) is 17.9 Å². The Morgan fingerprint density at radius 2 is 2.25 bits per heavy atom. The van der Waals surface area contributed by atoms with Crippen LogP contribution in [0.25, 0.3) is 0 Å². The van der Waals surface area contributed by atoms with Crippen molar-refractivity contribution in [3.05, 3.63) is 36.4 Å². The zero-order valence-corrected chi connectivity index (χ0v) is 8.93. The molecule has 2 N–H and O–H groups in total. The van der Waals surface area contributed by atoms with Gasteiger partial charge < -0.3 is 5.32 Å². The van der Waals surface area contributed by atoms with Crippen LogP contribution in [0, 0.1) is 0 Å². The molecule has 0 saturated carbocycles. The highest BCUT2D eigenvalue weighted by atomic mass is 15.2. The van der Waals surface area contributed by atoms with Gasteiger partial charge in [-0.3, -0.25) is 5.10 Å². The zero-order valence-electron chi connectivity index (χ0n) is 8.93. The van der Waals surface area contributed by atoms with E-state index in [1.165, 1.54) is 6.33 Å². The van der Waals surface area contributed by atoms with Gasteiger partial charge in [0.15, 0.2) is 0 Å². The highest BCUT2D eigenvalue weighted by molar-refractivity contribution is 4.96. The van der Waals surface area contributed by atoms with Crippen molar-refractivity contribution in [3.63, 3.8) is 0 Å². The molecule has 6 nitrogen and oxygen atoms in total. The topological polar surface area (TPSA) is 79.4 Å². The summed E-state index contributed by atoms with van der Waals surface area (Å²) in [6, 6.07) is 1.91. The number of aromatic nitrogens is 5. The third-order valence-corrected chi connectivity index (χ3v) is 2.18. The van der Waals surface area contributed by atoms with Crippen LogP contribution in [0.4, 0.5) is 0 Å². The number of aromatic amines is 1. The average Bonchev–Trinajstić information content (AvgIpc) is 2.83. The van der Waals surface area contributed by atoms with Crippen LogP contribution in [0.15, 0.2) is 24.9 Å². The minimum Gasteiger partial charge on any atom is -0.311 e. The summed E-state index contributed by atoms with van der Waals surface area (Å²) >= 11 is 0. The molecular formula is C10H14N6. The third kappa shape index (κ3) is 3.39. The quantitative estimate of drug-likeness (QED) is 0.682. The second-order valence-electron chi connectivity index (χ2n) is 3.41. The number of H-pyrrole nitrogens is 1. The molecule has 0 aromatic carbocycles. The van der Waals surface area contributed by atoms with Crippen molar-refractivity contribution in [1.29, 1.82) is 0 Å². The molecule has 2 heterocycles. The fraction of sp³-hybridized carbons (Fsp3) is 0.400. The van der Waals surface area contributed by atoms with Gasteiger partial charge in [-0.05, 0) is 19.0 Å². The van der Waals surface area contributed by atoms with Gasteiger partial charge >= 0.3 is 0 Å².